The first-order valence-electron chi connectivity index (χ1n) is 4.91. The van der Waals surface area contributed by atoms with E-state index < -0.39 is 0 Å². The minimum absolute atomic E-state index is 0.986. The lowest BCUT2D eigenvalue weighted by atomic mass is 10.2. The quantitative estimate of drug-likeness (QED) is 0.709. The molecule has 0 aliphatic carbocycles. The zero-order valence-corrected chi connectivity index (χ0v) is 9.00. The number of rotatable bonds is 1. The van der Waals surface area contributed by atoms with Crippen LogP contribution in [0, 0.1) is 6.07 Å². The Balaban J connectivity index is 2.05. The van der Waals surface area contributed by atoms with Crippen LogP contribution < -0.4 is 4.90 Å². The zero-order valence-electron chi connectivity index (χ0n) is 8.18. The van der Waals surface area contributed by atoms with Crippen LogP contribution in [0.1, 0.15) is 0 Å². The van der Waals surface area contributed by atoms with Gasteiger partial charge in [0.2, 0.25) is 0 Å². The third-order valence-electron chi connectivity index (χ3n) is 2.48. The lowest BCUT2D eigenvalue weighted by Gasteiger charge is -2.17. The smallest absolute Gasteiger partial charge is 0.0736 e. The van der Waals surface area contributed by atoms with Crippen molar-refractivity contribution in [3.05, 3.63) is 54.6 Å². The summed E-state index contributed by atoms with van der Waals surface area (Å²) < 4.78 is 0. The summed E-state index contributed by atoms with van der Waals surface area (Å²) in [7, 11) is 0. The van der Waals surface area contributed by atoms with Crippen LogP contribution in [0.5, 0.6) is 0 Å². The summed E-state index contributed by atoms with van der Waals surface area (Å²) in [5, 5.41) is 0. The molecule has 3 rings (SSSR count). The van der Waals surface area contributed by atoms with Crippen molar-refractivity contribution in [2.24, 2.45) is 0 Å². The Morgan fingerprint density at radius 2 is 1.93 bits per heavy atom. The average Bonchev–Trinajstić information content (AvgIpc) is 2.74. The molecule has 0 saturated carbocycles. The van der Waals surface area contributed by atoms with Crippen molar-refractivity contribution in [2.45, 2.75) is 4.90 Å². The first-order chi connectivity index (χ1) is 7.45. The SMILES string of the molecule is [c]1cccc2c1N(c1ccccc1)CS2. The van der Waals surface area contributed by atoms with Crippen LogP contribution in [0.2, 0.25) is 0 Å². The van der Waals surface area contributed by atoms with Gasteiger partial charge in [-0.1, -0.05) is 30.3 Å². The van der Waals surface area contributed by atoms with Gasteiger partial charge in [0.15, 0.2) is 0 Å². The van der Waals surface area contributed by atoms with Crippen LogP contribution in [0.4, 0.5) is 11.4 Å². The summed E-state index contributed by atoms with van der Waals surface area (Å²) in [5.41, 5.74) is 2.44. The van der Waals surface area contributed by atoms with Crippen molar-refractivity contribution >= 4 is 23.1 Å². The minimum atomic E-state index is 0.986. The van der Waals surface area contributed by atoms with Gasteiger partial charge in [0.1, 0.15) is 0 Å². The molecule has 0 N–H and O–H groups in total. The molecule has 0 aromatic heterocycles. The Bertz CT molecular complexity index is 467. The first kappa shape index (κ1) is 8.86. The first-order valence-corrected chi connectivity index (χ1v) is 5.90. The van der Waals surface area contributed by atoms with Gasteiger partial charge >= 0.3 is 0 Å². The van der Waals surface area contributed by atoms with Crippen molar-refractivity contribution in [1.29, 1.82) is 0 Å². The Morgan fingerprint density at radius 1 is 1.07 bits per heavy atom. The highest BCUT2D eigenvalue weighted by molar-refractivity contribution is 7.99. The van der Waals surface area contributed by atoms with E-state index in [4.69, 9.17) is 0 Å². The maximum Gasteiger partial charge on any atom is 0.0736 e. The zero-order chi connectivity index (χ0) is 10.1. The molecule has 0 unspecified atom stereocenters. The van der Waals surface area contributed by atoms with Gasteiger partial charge in [-0.3, -0.25) is 0 Å². The Morgan fingerprint density at radius 3 is 2.80 bits per heavy atom. The van der Waals surface area contributed by atoms with E-state index in [1.165, 1.54) is 16.3 Å². The molecule has 1 radical (unpaired) electrons. The Kier molecular flexibility index (Phi) is 2.14. The van der Waals surface area contributed by atoms with E-state index in [1.54, 1.807) is 0 Å². The van der Waals surface area contributed by atoms with E-state index in [0.717, 1.165) is 5.88 Å². The number of benzene rings is 2. The summed E-state index contributed by atoms with van der Waals surface area (Å²) in [5.74, 6) is 0.986. The molecule has 0 atom stereocenters. The molecule has 2 aromatic rings. The van der Waals surface area contributed by atoms with Crippen LogP contribution in [0.15, 0.2) is 53.4 Å². The van der Waals surface area contributed by atoms with Crippen molar-refractivity contribution in [3.8, 4) is 0 Å². The number of hydrogen-bond donors (Lipinski definition) is 0. The predicted octanol–water partition coefficient (Wildman–Crippen LogP) is 3.69. The summed E-state index contributed by atoms with van der Waals surface area (Å²) >= 11 is 1.87. The molecule has 1 aliphatic rings. The van der Waals surface area contributed by atoms with Crippen LogP contribution in [-0.2, 0) is 0 Å². The average molecular weight is 212 g/mol. The summed E-state index contributed by atoms with van der Waals surface area (Å²) in [6, 6.07) is 19.9. The van der Waals surface area contributed by atoms with E-state index in [1.807, 2.05) is 30.0 Å². The molecular weight excluding hydrogens is 202 g/mol. The summed E-state index contributed by atoms with van der Waals surface area (Å²) in [6.07, 6.45) is 0. The van der Waals surface area contributed by atoms with E-state index in [-0.39, 0.29) is 0 Å². The minimum Gasteiger partial charge on any atom is -0.330 e. The molecule has 0 saturated heterocycles. The molecule has 1 nitrogen and oxygen atoms in total. The molecule has 0 bridgehead atoms. The van der Waals surface area contributed by atoms with Gasteiger partial charge in [-0.15, -0.1) is 11.8 Å². The van der Waals surface area contributed by atoms with E-state index in [9.17, 15) is 0 Å². The number of nitrogens with zero attached hydrogens (tertiary/aromatic N) is 1. The Hall–Kier alpha value is -1.41. The molecule has 0 fully saturated rings. The van der Waals surface area contributed by atoms with Gasteiger partial charge in [-0.2, -0.15) is 0 Å². The number of para-hydroxylation sites is 2. The van der Waals surface area contributed by atoms with Crippen molar-refractivity contribution in [3.63, 3.8) is 0 Å². The molecule has 0 spiro atoms. The van der Waals surface area contributed by atoms with Crippen LogP contribution in [-0.4, -0.2) is 5.88 Å². The molecule has 2 heteroatoms. The molecule has 0 amide bonds. The van der Waals surface area contributed by atoms with Crippen LogP contribution in [0.25, 0.3) is 0 Å². The molecular formula is C13H10NS. The molecule has 1 aliphatic heterocycles. The number of thioether (sulfide) groups is 1. The third-order valence-corrected chi connectivity index (χ3v) is 3.51. The lowest BCUT2D eigenvalue weighted by molar-refractivity contribution is 1.17. The van der Waals surface area contributed by atoms with Gasteiger partial charge in [0.25, 0.3) is 0 Å². The van der Waals surface area contributed by atoms with Crippen molar-refractivity contribution in [1.82, 2.24) is 0 Å². The highest BCUT2D eigenvalue weighted by atomic mass is 32.2. The van der Waals surface area contributed by atoms with Crippen molar-refractivity contribution in [2.75, 3.05) is 10.8 Å². The normalized spacial score (nSPS) is 14.0. The van der Waals surface area contributed by atoms with Crippen LogP contribution >= 0.6 is 11.8 Å². The molecule has 15 heavy (non-hydrogen) atoms. The van der Waals surface area contributed by atoms with Gasteiger partial charge in [0, 0.05) is 16.6 Å². The number of anilines is 2. The fourth-order valence-corrected chi connectivity index (χ4v) is 2.78. The predicted molar refractivity (Wildman–Crippen MR) is 64.6 cm³/mol. The largest absolute Gasteiger partial charge is 0.330 e. The van der Waals surface area contributed by atoms with E-state index >= 15 is 0 Å². The maximum absolute atomic E-state index is 3.30. The summed E-state index contributed by atoms with van der Waals surface area (Å²) in [6.45, 7) is 0. The van der Waals surface area contributed by atoms with Gasteiger partial charge in [-0.05, 0) is 18.2 Å². The van der Waals surface area contributed by atoms with Gasteiger partial charge in [-0.25, -0.2) is 0 Å². The van der Waals surface area contributed by atoms with Gasteiger partial charge < -0.3 is 4.90 Å². The second-order valence-corrected chi connectivity index (χ2v) is 4.41. The molecule has 1 heterocycles. The Labute approximate surface area is 93.7 Å². The lowest BCUT2D eigenvalue weighted by Crippen LogP contribution is -2.10. The van der Waals surface area contributed by atoms with Gasteiger partial charge in [0.05, 0.1) is 11.6 Å². The second-order valence-electron chi connectivity index (χ2n) is 3.42. The number of hydrogen-bond acceptors (Lipinski definition) is 2. The molecule has 2 aromatic carbocycles. The van der Waals surface area contributed by atoms with E-state index in [2.05, 4.69) is 41.3 Å². The summed E-state index contributed by atoms with van der Waals surface area (Å²) in [4.78, 5) is 3.61. The van der Waals surface area contributed by atoms with E-state index in [0.29, 0.717) is 0 Å². The highest BCUT2D eigenvalue weighted by Gasteiger charge is 2.19. The fourth-order valence-electron chi connectivity index (χ4n) is 1.75. The monoisotopic (exact) mass is 212 g/mol. The topological polar surface area (TPSA) is 3.24 Å². The standard InChI is InChI=1S/C13H10NS/c1-2-6-11(7-3-1)14-10-15-13-9-5-4-8-12(13)14/h1-7,9H,10H2. The molecule has 73 valence electrons. The fraction of sp³-hybridized carbons (Fsp3) is 0.0769. The van der Waals surface area contributed by atoms with Crippen molar-refractivity contribution < 1.29 is 0 Å². The third kappa shape index (κ3) is 1.51. The highest BCUT2D eigenvalue weighted by Crippen LogP contribution is 2.41. The van der Waals surface area contributed by atoms with Crippen LogP contribution in [0.3, 0.4) is 0 Å². The maximum atomic E-state index is 3.30. The second kappa shape index (κ2) is 3.63. The number of fused-ring (bicyclic) bond motifs is 1.